The summed E-state index contributed by atoms with van der Waals surface area (Å²) in [6.45, 7) is 4.28. The van der Waals surface area contributed by atoms with E-state index in [9.17, 15) is 0 Å². The average molecular weight is 317 g/mol. The Morgan fingerprint density at radius 3 is 1.58 bits per heavy atom. The van der Waals surface area contributed by atoms with Gasteiger partial charge in [0, 0.05) is 11.2 Å². The van der Waals surface area contributed by atoms with Crippen LogP contribution in [0, 0.1) is 13.8 Å². The second-order valence-corrected chi connectivity index (χ2v) is 6.00. The number of aryl methyl sites for hydroxylation is 2. The summed E-state index contributed by atoms with van der Waals surface area (Å²) < 4.78 is 0. The molecule has 2 rings (SSSR count). The zero-order chi connectivity index (χ0) is 13.7. The van der Waals surface area contributed by atoms with Crippen molar-refractivity contribution in [3.05, 3.63) is 70.8 Å². The van der Waals surface area contributed by atoms with E-state index in [1.165, 1.54) is 35.1 Å². The number of alkyl halides is 1. The summed E-state index contributed by atoms with van der Waals surface area (Å²) in [7, 11) is 0. The Morgan fingerprint density at radius 1 is 0.789 bits per heavy atom. The van der Waals surface area contributed by atoms with Gasteiger partial charge in [-0.2, -0.15) is 0 Å². The van der Waals surface area contributed by atoms with E-state index in [4.69, 9.17) is 0 Å². The minimum atomic E-state index is 0.513. The van der Waals surface area contributed by atoms with E-state index in [0.29, 0.717) is 5.92 Å². The molecule has 0 saturated carbocycles. The zero-order valence-electron chi connectivity index (χ0n) is 11.7. The van der Waals surface area contributed by atoms with Crippen molar-refractivity contribution in [1.29, 1.82) is 0 Å². The van der Waals surface area contributed by atoms with Crippen LogP contribution in [0.2, 0.25) is 0 Å². The number of benzene rings is 2. The number of halogens is 1. The van der Waals surface area contributed by atoms with Crippen LogP contribution in [0.25, 0.3) is 0 Å². The summed E-state index contributed by atoms with van der Waals surface area (Å²) in [6, 6.07) is 17.9. The summed E-state index contributed by atoms with van der Waals surface area (Å²) in [5.74, 6) is 0.513. The third-order valence-corrected chi connectivity index (χ3v) is 4.15. The number of hydrogen-bond donors (Lipinski definition) is 0. The Morgan fingerprint density at radius 2 is 1.21 bits per heavy atom. The van der Waals surface area contributed by atoms with Gasteiger partial charge in [0.15, 0.2) is 0 Å². The fraction of sp³-hybridized carbons (Fsp3) is 0.333. The fourth-order valence-electron chi connectivity index (χ4n) is 2.40. The van der Waals surface area contributed by atoms with Crippen LogP contribution in [0.1, 0.15) is 41.0 Å². The maximum atomic E-state index is 3.55. The summed E-state index contributed by atoms with van der Waals surface area (Å²) in [4.78, 5) is 0. The molecular formula is C18H21Br. The molecular weight excluding hydrogens is 296 g/mol. The fourth-order valence-corrected chi connectivity index (χ4v) is 2.73. The van der Waals surface area contributed by atoms with Crippen molar-refractivity contribution in [1.82, 2.24) is 0 Å². The van der Waals surface area contributed by atoms with Gasteiger partial charge < -0.3 is 0 Å². The Balaban J connectivity index is 2.29. The molecule has 0 unspecified atom stereocenters. The highest BCUT2D eigenvalue weighted by Crippen LogP contribution is 2.30. The molecule has 2 aromatic rings. The van der Waals surface area contributed by atoms with Gasteiger partial charge in [-0.25, -0.2) is 0 Å². The lowest BCUT2D eigenvalue weighted by molar-refractivity contribution is 0.705. The topological polar surface area (TPSA) is 0 Å². The Hall–Kier alpha value is -1.08. The third kappa shape index (κ3) is 3.94. The highest BCUT2D eigenvalue weighted by atomic mass is 79.9. The first-order valence-corrected chi connectivity index (χ1v) is 8.02. The van der Waals surface area contributed by atoms with Crippen molar-refractivity contribution in [3.63, 3.8) is 0 Å². The normalized spacial score (nSPS) is 10.9. The highest BCUT2D eigenvalue weighted by molar-refractivity contribution is 9.09. The molecule has 0 heterocycles. The molecule has 2 aromatic carbocycles. The van der Waals surface area contributed by atoms with E-state index in [1.807, 2.05) is 0 Å². The van der Waals surface area contributed by atoms with Gasteiger partial charge in [0.2, 0.25) is 0 Å². The summed E-state index contributed by atoms with van der Waals surface area (Å²) in [6.07, 6.45) is 2.39. The second kappa shape index (κ2) is 6.91. The minimum absolute atomic E-state index is 0.513. The molecule has 0 aliphatic heterocycles. The Bertz CT molecular complexity index is 451. The van der Waals surface area contributed by atoms with Crippen LogP contribution in [0.4, 0.5) is 0 Å². The number of rotatable bonds is 5. The van der Waals surface area contributed by atoms with Crippen LogP contribution in [0.3, 0.4) is 0 Å². The molecule has 100 valence electrons. The lowest BCUT2D eigenvalue weighted by Gasteiger charge is -2.18. The van der Waals surface area contributed by atoms with Crippen molar-refractivity contribution in [2.24, 2.45) is 0 Å². The lowest BCUT2D eigenvalue weighted by Crippen LogP contribution is -2.02. The van der Waals surface area contributed by atoms with Gasteiger partial charge in [0.05, 0.1) is 0 Å². The Kier molecular flexibility index (Phi) is 5.21. The lowest BCUT2D eigenvalue weighted by atomic mass is 9.87. The molecule has 0 N–H and O–H groups in total. The minimum Gasteiger partial charge on any atom is -0.0928 e. The Labute approximate surface area is 125 Å². The summed E-state index contributed by atoms with van der Waals surface area (Å²) in [5.41, 5.74) is 5.50. The van der Waals surface area contributed by atoms with Crippen molar-refractivity contribution < 1.29 is 0 Å². The van der Waals surface area contributed by atoms with E-state index in [2.05, 4.69) is 78.3 Å². The van der Waals surface area contributed by atoms with Crippen LogP contribution < -0.4 is 0 Å². The molecule has 0 radical (unpaired) electrons. The first-order valence-electron chi connectivity index (χ1n) is 6.90. The molecule has 1 heteroatoms. The maximum absolute atomic E-state index is 3.55. The van der Waals surface area contributed by atoms with Gasteiger partial charge in [-0.15, -0.1) is 0 Å². The molecule has 0 fully saturated rings. The van der Waals surface area contributed by atoms with E-state index in [0.717, 1.165) is 5.33 Å². The SMILES string of the molecule is Cc1ccc(C(CCCBr)c2ccc(C)cc2)cc1. The molecule has 19 heavy (non-hydrogen) atoms. The standard InChI is InChI=1S/C18H21Br/c1-14-5-9-16(10-6-14)18(4-3-13-19)17-11-7-15(2)8-12-17/h5-12,18H,3-4,13H2,1-2H3. The van der Waals surface area contributed by atoms with Crippen molar-refractivity contribution in [3.8, 4) is 0 Å². The van der Waals surface area contributed by atoms with Crippen LogP contribution in [0.15, 0.2) is 48.5 Å². The maximum Gasteiger partial charge on any atom is 0.00896 e. The highest BCUT2D eigenvalue weighted by Gasteiger charge is 2.13. The quantitative estimate of drug-likeness (QED) is 0.629. The molecule has 0 saturated heterocycles. The first-order chi connectivity index (χ1) is 9.20. The smallest absolute Gasteiger partial charge is 0.00896 e. The summed E-state index contributed by atoms with van der Waals surface area (Å²) in [5, 5.41) is 1.07. The zero-order valence-corrected chi connectivity index (χ0v) is 13.3. The van der Waals surface area contributed by atoms with Crippen LogP contribution in [0.5, 0.6) is 0 Å². The number of hydrogen-bond acceptors (Lipinski definition) is 0. The average Bonchev–Trinajstić information content (AvgIpc) is 2.43. The van der Waals surface area contributed by atoms with Crippen molar-refractivity contribution in [2.45, 2.75) is 32.6 Å². The van der Waals surface area contributed by atoms with Crippen LogP contribution in [-0.2, 0) is 0 Å². The molecule has 0 aliphatic rings. The largest absolute Gasteiger partial charge is 0.0928 e. The second-order valence-electron chi connectivity index (χ2n) is 5.21. The van der Waals surface area contributed by atoms with Gasteiger partial charge in [-0.1, -0.05) is 75.6 Å². The van der Waals surface area contributed by atoms with E-state index < -0.39 is 0 Å². The molecule has 0 aliphatic carbocycles. The van der Waals surface area contributed by atoms with Crippen LogP contribution >= 0.6 is 15.9 Å². The summed E-state index contributed by atoms with van der Waals surface area (Å²) >= 11 is 3.55. The monoisotopic (exact) mass is 316 g/mol. The van der Waals surface area contributed by atoms with E-state index in [-0.39, 0.29) is 0 Å². The van der Waals surface area contributed by atoms with Crippen molar-refractivity contribution in [2.75, 3.05) is 5.33 Å². The van der Waals surface area contributed by atoms with Gasteiger partial charge in [-0.05, 0) is 37.8 Å². The van der Waals surface area contributed by atoms with E-state index in [1.54, 1.807) is 0 Å². The third-order valence-electron chi connectivity index (χ3n) is 3.59. The molecule has 0 amide bonds. The predicted molar refractivity (Wildman–Crippen MR) is 87.2 cm³/mol. The van der Waals surface area contributed by atoms with Crippen LogP contribution in [-0.4, -0.2) is 5.33 Å². The van der Waals surface area contributed by atoms with Gasteiger partial charge >= 0.3 is 0 Å². The molecule has 0 nitrogen and oxygen atoms in total. The van der Waals surface area contributed by atoms with Gasteiger partial charge in [0.1, 0.15) is 0 Å². The molecule has 0 spiro atoms. The molecule has 0 atom stereocenters. The van der Waals surface area contributed by atoms with Crippen molar-refractivity contribution >= 4 is 15.9 Å². The molecule has 0 bridgehead atoms. The van der Waals surface area contributed by atoms with E-state index >= 15 is 0 Å². The van der Waals surface area contributed by atoms with Gasteiger partial charge in [-0.3, -0.25) is 0 Å². The first kappa shape index (κ1) is 14.3. The predicted octanol–water partition coefficient (Wildman–Crippen LogP) is 5.61. The molecule has 0 aromatic heterocycles. The van der Waals surface area contributed by atoms with Gasteiger partial charge in [0.25, 0.3) is 0 Å².